The predicted octanol–water partition coefficient (Wildman–Crippen LogP) is 3.14. The molecular formula is C17H28F3N3O. The molecule has 1 heterocycles. The Balaban J connectivity index is 1.49. The van der Waals surface area contributed by atoms with Crippen molar-refractivity contribution in [3.05, 3.63) is 0 Å². The maximum absolute atomic E-state index is 12.4. The Morgan fingerprint density at radius 1 is 1.21 bits per heavy atom. The maximum Gasteiger partial charge on any atom is 0.401 e. The molecule has 2 saturated carbocycles. The summed E-state index contributed by atoms with van der Waals surface area (Å²) in [5, 5.41) is 5.97. The van der Waals surface area contributed by atoms with Gasteiger partial charge in [-0.05, 0) is 42.4 Å². The summed E-state index contributed by atoms with van der Waals surface area (Å²) in [7, 11) is 0. The lowest BCUT2D eigenvalue weighted by molar-refractivity contribution is -0.143. The zero-order valence-corrected chi connectivity index (χ0v) is 14.7. The van der Waals surface area contributed by atoms with Gasteiger partial charge in [0, 0.05) is 25.2 Å². The van der Waals surface area contributed by atoms with E-state index in [9.17, 15) is 18.0 Å². The van der Waals surface area contributed by atoms with Crippen LogP contribution in [0.25, 0.3) is 0 Å². The molecule has 4 nitrogen and oxygen atoms in total. The van der Waals surface area contributed by atoms with E-state index < -0.39 is 12.7 Å². The van der Waals surface area contributed by atoms with Crippen molar-refractivity contribution in [2.75, 3.05) is 19.6 Å². The third kappa shape index (κ3) is 3.11. The highest BCUT2D eigenvalue weighted by atomic mass is 19.4. The Morgan fingerprint density at radius 3 is 2.46 bits per heavy atom. The molecular weight excluding hydrogens is 319 g/mol. The number of nitrogens with zero attached hydrogens (tertiary/aromatic N) is 1. The van der Waals surface area contributed by atoms with Crippen LogP contribution in [0.15, 0.2) is 0 Å². The first kappa shape index (κ1) is 17.8. The van der Waals surface area contributed by atoms with Crippen molar-refractivity contribution in [1.29, 1.82) is 0 Å². The van der Waals surface area contributed by atoms with Crippen LogP contribution in [0, 0.1) is 16.7 Å². The molecule has 2 amide bonds. The van der Waals surface area contributed by atoms with Crippen molar-refractivity contribution in [3.8, 4) is 0 Å². The van der Waals surface area contributed by atoms with E-state index in [-0.39, 0.29) is 35.5 Å². The highest BCUT2D eigenvalue weighted by Crippen LogP contribution is 2.65. The fourth-order valence-electron chi connectivity index (χ4n) is 5.15. The first-order valence-electron chi connectivity index (χ1n) is 8.87. The molecule has 3 fully saturated rings. The Kier molecular flexibility index (Phi) is 4.30. The van der Waals surface area contributed by atoms with Crippen molar-refractivity contribution in [2.45, 2.75) is 64.7 Å². The van der Waals surface area contributed by atoms with E-state index in [1.807, 2.05) is 0 Å². The molecule has 1 aliphatic heterocycles. The fourth-order valence-corrected chi connectivity index (χ4v) is 5.15. The number of amides is 2. The predicted molar refractivity (Wildman–Crippen MR) is 85.6 cm³/mol. The average Bonchev–Trinajstić information content (AvgIpc) is 2.99. The van der Waals surface area contributed by atoms with Crippen LogP contribution in [-0.4, -0.2) is 48.8 Å². The smallest absolute Gasteiger partial charge is 0.335 e. The first-order chi connectivity index (χ1) is 11.0. The monoisotopic (exact) mass is 347 g/mol. The molecule has 138 valence electrons. The van der Waals surface area contributed by atoms with Crippen LogP contribution in [0.5, 0.6) is 0 Å². The van der Waals surface area contributed by atoms with Gasteiger partial charge in [-0.3, -0.25) is 4.90 Å². The van der Waals surface area contributed by atoms with Crippen LogP contribution >= 0.6 is 0 Å². The number of carbonyl (C=O) groups is 1. The molecule has 0 spiro atoms. The van der Waals surface area contributed by atoms with Gasteiger partial charge in [0.25, 0.3) is 0 Å². The van der Waals surface area contributed by atoms with Gasteiger partial charge in [-0.15, -0.1) is 0 Å². The fraction of sp³-hybridized carbons (Fsp3) is 0.941. The molecule has 1 saturated heterocycles. The van der Waals surface area contributed by atoms with E-state index >= 15 is 0 Å². The molecule has 2 aliphatic carbocycles. The summed E-state index contributed by atoms with van der Waals surface area (Å²) in [5.41, 5.74) is 0.328. The van der Waals surface area contributed by atoms with E-state index in [1.54, 1.807) is 0 Å². The van der Waals surface area contributed by atoms with Crippen molar-refractivity contribution in [1.82, 2.24) is 15.5 Å². The van der Waals surface area contributed by atoms with Gasteiger partial charge in [0.15, 0.2) is 0 Å². The van der Waals surface area contributed by atoms with E-state index in [4.69, 9.17) is 0 Å². The number of likely N-dealkylation sites (tertiary alicyclic amines) is 1. The largest absolute Gasteiger partial charge is 0.401 e. The SMILES string of the molecule is CC1(C)[C@H]2CC[C@@]1(C)[C@@H](NC(=O)N[C@H]1CCN(CC(F)(F)F)C1)C2. The lowest BCUT2D eigenvalue weighted by Crippen LogP contribution is -2.52. The normalized spacial score (nSPS) is 38.5. The van der Waals surface area contributed by atoms with Crippen molar-refractivity contribution < 1.29 is 18.0 Å². The highest BCUT2D eigenvalue weighted by Gasteiger charge is 2.61. The Bertz CT molecular complexity index is 508. The number of nitrogens with one attached hydrogen (secondary N) is 2. The molecule has 0 aromatic rings. The number of rotatable bonds is 3. The third-order valence-electron chi connectivity index (χ3n) is 7.11. The first-order valence-corrected chi connectivity index (χ1v) is 8.87. The van der Waals surface area contributed by atoms with Crippen LogP contribution in [-0.2, 0) is 0 Å². The average molecular weight is 347 g/mol. The lowest BCUT2D eigenvalue weighted by atomic mass is 9.69. The molecule has 3 aliphatic rings. The molecule has 24 heavy (non-hydrogen) atoms. The zero-order chi connectivity index (χ0) is 17.8. The summed E-state index contributed by atoms with van der Waals surface area (Å²) >= 11 is 0. The topological polar surface area (TPSA) is 44.4 Å². The summed E-state index contributed by atoms with van der Waals surface area (Å²) in [6.07, 6.45) is -0.265. The number of alkyl halides is 3. The molecule has 0 aromatic heterocycles. The number of carbonyl (C=O) groups excluding carboxylic acids is 1. The Morgan fingerprint density at radius 2 is 1.92 bits per heavy atom. The summed E-state index contributed by atoms with van der Waals surface area (Å²) in [6.45, 7) is 6.57. The second-order valence-corrected chi connectivity index (χ2v) is 8.62. The van der Waals surface area contributed by atoms with Gasteiger partial charge in [0.2, 0.25) is 0 Å². The Labute approximate surface area is 141 Å². The second-order valence-electron chi connectivity index (χ2n) is 8.62. The van der Waals surface area contributed by atoms with Gasteiger partial charge < -0.3 is 10.6 Å². The van der Waals surface area contributed by atoms with Crippen molar-refractivity contribution in [3.63, 3.8) is 0 Å². The van der Waals surface area contributed by atoms with Gasteiger partial charge in [0.1, 0.15) is 0 Å². The Hall–Kier alpha value is -0.980. The van der Waals surface area contributed by atoms with E-state index in [1.165, 1.54) is 11.3 Å². The summed E-state index contributed by atoms with van der Waals surface area (Å²) in [5.74, 6) is 0.640. The van der Waals surface area contributed by atoms with E-state index in [0.717, 1.165) is 12.8 Å². The maximum atomic E-state index is 12.4. The summed E-state index contributed by atoms with van der Waals surface area (Å²) < 4.78 is 37.3. The van der Waals surface area contributed by atoms with Crippen LogP contribution in [0.3, 0.4) is 0 Å². The number of hydrogen-bond donors (Lipinski definition) is 2. The minimum absolute atomic E-state index is 0.104. The molecule has 0 aromatic carbocycles. The quantitative estimate of drug-likeness (QED) is 0.824. The number of hydrogen-bond acceptors (Lipinski definition) is 2. The lowest BCUT2D eigenvalue weighted by Gasteiger charge is -2.39. The van der Waals surface area contributed by atoms with Gasteiger partial charge in [-0.2, -0.15) is 13.2 Å². The van der Waals surface area contributed by atoms with Gasteiger partial charge in [-0.1, -0.05) is 20.8 Å². The molecule has 7 heteroatoms. The van der Waals surface area contributed by atoms with Gasteiger partial charge >= 0.3 is 12.2 Å². The van der Waals surface area contributed by atoms with E-state index in [2.05, 4.69) is 31.4 Å². The minimum Gasteiger partial charge on any atom is -0.335 e. The van der Waals surface area contributed by atoms with Crippen LogP contribution in [0.1, 0.15) is 46.5 Å². The molecule has 4 atom stereocenters. The molecule has 0 unspecified atom stereocenters. The van der Waals surface area contributed by atoms with Crippen molar-refractivity contribution in [2.24, 2.45) is 16.7 Å². The second kappa shape index (κ2) is 5.78. The molecule has 3 rings (SSSR count). The van der Waals surface area contributed by atoms with Crippen molar-refractivity contribution >= 4 is 6.03 Å². The number of halogens is 3. The zero-order valence-electron chi connectivity index (χ0n) is 14.7. The molecule has 2 bridgehead atoms. The highest BCUT2D eigenvalue weighted by molar-refractivity contribution is 5.75. The standard InChI is InChI=1S/C17H28F3N3O/c1-15(2)11-4-6-16(15,3)13(8-11)22-14(24)21-12-5-7-23(9-12)10-17(18,19)20/h11-13H,4-10H2,1-3H3,(H2,21,22,24)/t11-,12-,13-,16-/m0/s1. The number of urea groups is 1. The minimum atomic E-state index is -4.18. The van der Waals surface area contributed by atoms with E-state index in [0.29, 0.717) is 18.9 Å². The van der Waals surface area contributed by atoms with Crippen LogP contribution < -0.4 is 10.6 Å². The number of fused-ring (bicyclic) bond motifs is 2. The summed E-state index contributed by atoms with van der Waals surface area (Å²) in [4.78, 5) is 13.7. The van der Waals surface area contributed by atoms with Gasteiger partial charge in [-0.25, -0.2) is 4.79 Å². The third-order valence-corrected chi connectivity index (χ3v) is 7.11. The van der Waals surface area contributed by atoms with Crippen LogP contribution in [0.4, 0.5) is 18.0 Å². The summed E-state index contributed by atoms with van der Waals surface area (Å²) in [6, 6.07) is -0.283. The molecule has 0 radical (unpaired) electrons. The molecule has 2 N–H and O–H groups in total. The van der Waals surface area contributed by atoms with Gasteiger partial charge in [0.05, 0.1) is 6.54 Å². The van der Waals surface area contributed by atoms with Crippen LogP contribution in [0.2, 0.25) is 0 Å².